The molecule has 1 aliphatic heterocycles. The average Bonchev–Trinajstić information content (AvgIpc) is 2.84. The molecule has 1 aromatic carbocycles. The van der Waals surface area contributed by atoms with Crippen LogP contribution >= 0.6 is 28.3 Å². The van der Waals surface area contributed by atoms with Gasteiger partial charge in [0.25, 0.3) is 0 Å². The predicted molar refractivity (Wildman–Crippen MR) is 82.4 cm³/mol. The van der Waals surface area contributed by atoms with Crippen molar-refractivity contribution in [2.75, 3.05) is 20.1 Å². The van der Waals surface area contributed by atoms with Crippen LogP contribution in [0.15, 0.2) is 27.6 Å². The highest BCUT2D eigenvalue weighted by molar-refractivity contribution is 9.10. The van der Waals surface area contributed by atoms with E-state index in [2.05, 4.69) is 21.2 Å². The van der Waals surface area contributed by atoms with E-state index in [9.17, 15) is 8.42 Å². The lowest BCUT2D eigenvalue weighted by Gasteiger charge is -2.24. The van der Waals surface area contributed by atoms with E-state index >= 15 is 0 Å². The van der Waals surface area contributed by atoms with Crippen LogP contribution in [-0.2, 0) is 10.0 Å². The molecular formula is C12H18BrClN2O2S. The molecule has 0 aromatic heterocycles. The first-order chi connectivity index (χ1) is 8.43. The normalized spacial score (nSPS) is 19.5. The Bertz CT molecular complexity index is 545. The summed E-state index contributed by atoms with van der Waals surface area (Å²) in [5.41, 5.74) is 0.774. The van der Waals surface area contributed by atoms with E-state index in [4.69, 9.17) is 0 Å². The summed E-state index contributed by atoms with van der Waals surface area (Å²) in [7, 11) is -1.75. The monoisotopic (exact) mass is 368 g/mol. The highest BCUT2D eigenvalue weighted by Crippen LogP contribution is 2.25. The number of rotatable bonds is 3. The zero-order valence-corrected chi connectivity index (χ0v) is 14.1. The van der Waals surface area contributed by atoms with Gasteiger partial charge in [-0.3, -0.25) is 0 Å². The Labute approximate surface area is 129 Å². The van der Waals surface area contributed by atoms with Crippen LogP contribution < -0.4 is 5.32 Å². The molecule has 1 aliphatic rings. The first-order valence-corrected chi connectivity index (χ1v) is 8.11. The first kappa shape index (κ1) is 16.9. The Morgan fingerprint density at radius 2 is 2.11 bits per heavy atom. The molecule has 4 nitrogen and oxygen atoms in total. The number of nitrogens with one attached hydrogen (secondary N) is 1. The standard InChI is InChI=1S/C12H17BrN2O2S.ClH/c1-9-3-4-10(13)7-12(9)18(16,17)15(2)11-5-6-14-8-11;/h3-4,7,11,14H,5-6,8H2,1-2H3;1H. The molecule has 1 aromatic rings. The van der Waals surface area contributed by atoms with E-state index in [1.54, 1.807) is 13.1 Å². The number of aryl methyl sites for hydroxylation is 1. The molecule has 0 aliphatic carbocycles. The maximum absolute atomic E-state index is 12.6. The third-order valence-electron chi connectivity index (χ3n) is 3.36. The van der Waals surface area contributed by atoms with Gasteiger partial charge in [0.05, 0.1) is 4.90 Å². The SMILES string of the molecule is Cc1ccc(Br)cc1S(=O)(=O)N(C)C1CCNC1.Cl. The quantitative estimate of drug-likeness (QED) is 0.888. The largest absolute Gasteiger partial charge is 0.315 e. The van der Waals surface area contributed by atoms with Crippen molar-refractivity contribution < 1.29 is 8.42 Å². The minimum atomic E-state index is -3.41. The number of halogens is 2. The van der Waals surface area contributed by atoms with Gasteiger partial charge in [0.2, 0.25) is 10.0 Å². The Kier molecular flexibility index (Phi) is 5.82. The smallest absolute Gasteiger partial charge is 0.243 e. The molecule has 0 amide bonds. The molecule has 1 N–H and O–H groups in total. The summed E-state index contributed by atoms with van der Waals surface area (Å²) in [5, 5.41) is 3.19. The van der Waals surface area contributed by atoms with Crippen LogP contribution in [0, 0.1) is 6.92 Å². The topological polar surface area (TPSA) is 49.4 Å². The molecule has 19 heavy (non-hydrogen) atoms. The molecule has 108 valence electrons. The summed E-state index contributed by atoms with van der Waals surface area (Å²) in [6.45, 7) is 3.42. The van der Waals surface area contributed by atoms with Crippen molar-refractivity contribution in [3.63, 3.8) is 0 Å². The predicted octanol–water partition coefficient (Wildman–Crippen LogP) is 2.16. The minimum absolute atomic E-state index is 0. The highest BCUT2D eigenvalue weighted by atomic mass is 79.9. The van der Waals surface area contributed by atoms with Crippen molar-refractivity contribution in [3.8, 4) is 0 Å². The van der Waals surface area contributed by atoms with Gasteiger partial charge in [0, 0.05) is 24.1 Å². The van der Waals surface area contributed by atoms with Gasteiger partial charge in [-0.2, -0.15) is 4.31 Å². The molecular weight excluding hydrogens is 352 g/mol. The Hall–Kier alpha value is -0.140. The van der Waals surface area contributed by atoms with Crippen LogP contribution in [0.1, 0.15) is 12.0 Å². The summed E-state index contributed by atoms with van der Waals surface area (Å²) >= 11 is 3.33. The molecule has 1 saturated heterocycles. The van der Waals surface area contributed by atoms with E-state index in [0.717, 1.165) is 29.5 Å². The third-order valence-corrected chi connectivity index (χ3v) is 5.90. The van der Waals surface area contributed by atoms with Gasteiger partial charge in [-0.25, -0.2) is 8.42 Å². The number of likely N-dealkylation sites (N-methyl/N-ethyl adjacent to an activating group) is 1. The number of sulfonamides is 1. The summed E-state index contributed by atoms with van der Waals surface area (Å²) in [5.74, 6) is 0. The van der Waals surface area contributed by atoms with Crippen LogP contribution in [0.2, 0.25) is 0 Å². The lowest BCUT2D eigenvalue weighted by atomic mass is 10.2. The van der Waals surface area contributed by atoms with Crippen LogP contribution in [0.25, 0.3) is 0 Å². The molecule has 0 bridgehead atoms. The van der Waals surface area contributed by atoms with E-state index in [-0.39, 0.29) is 18.4 Å². The minimum Gasteiger partial charge on any atom is -0.315 e. The van der Waals surface area contributed by atoms with Gasteiger partial charge in [-0.15, -0.1) is 12.4 Å². The molecule has 0 spiro atoms. The Morgan fingerprint density at radius 3 is 2.68 bits per heavy atom. The second-order valence-electron chi connectivity index (χ2n) is 4.58. The summed E-state index contributed by atoms with van der Waals surface area (Å²) in [6.07, 6.45) is 0.864. The van der Waals surface area contributed by atoms with Gasteiger partial charge in [0.15, 0.2) is 0 Å². The van der Waals surface area contributed by atoms with Crippen LogP contribution in [0.3, 0.4) is 0 Å². The first-order valence-electron chi connectivity index (χ1n) is 5.88. The third kappa shape index (κ3) is 3.49. The van der Waals surface area contributed by atoms with Gasteiger partial charge in [-0.1, -0.05) is 22.0 Å². The molecule has 1 heterocycles. The zero-order chi connectivity index (χ0) is 13.3. The fourth-order valence-corrected chi connectivity index (χ4v) is 4.30. The fraction of sp³-hybridized carbons (Fsp3) is 0.500. The van der Waals surface area contributed by atoms with E-state index in [1.165, 1.54) is 4.31 Å². The lowest BCUT2D eigenvalue weighted by molar-refractivity contribution is 0.387. The Balaban J connectivity index is 0.00000180. The highest BCUT2D eigenvalue weighted by Gasteiger charge is 2.30. The molecule has 7 heteroatoms. The Morgan fingerprint density at radius 1 is 1.42 bits per heavy atom. The van der Waals surface area contributed by atoms with Crippen LogP contribution in [-0.4, -0.2) is 38.9 Å². The molecule has 1 atom stereocenters. The summed E-state index contributed by atoms with van der Waals surface area (Å²) in [4.78, 5) is 0.381. The number of hydrogen-bond donors (Lipinski definition) is 1. The van der Waals surface area contributed by atoms with Gasteiger partial charge in [0.1, 0.15) is 0 Å². The second-order valence-corrected chi connectivity index (χ2v) is 7.46. The summed E-state index contributed by atoms with van der Waals surface area (Å²) in [6, 6.07) is 5.39. The number of benzene rings is 1. The molecule has 0 saturated carbocycles. The van der Waals surface area contributed by atoms with Crippen molar-refractivity contribution in [1.82, 2.24) is 9.62 Å². The molecule has 0 radical (unpaired) electrons. The van der Waals surface area contributed by atoms with Crippen molar-refractivity contribution in [2.45, 2.75) is 24.3 Å². The van der Waals surface area contributed by atoms with Crippen molar-refractivity contribution >= 4 is 38.4 Å². The van der Waals surface area contributed by atoms with Crippen molar-refractivity contribution in [3.05, 3.63) is 28.2 Å². The van der Waals surface area contributed by atoms with Crippen molar-refractivity contribution in [1.29, 1.82) is 0 Å². The average molecular weight is 370 g/mol. The van der Waals surface area contributed by atoms with E-state index in [0.29, 0.717) is 4.90 Å². The molecule has 1 unspecified atom stereocenters. The molecule has 1 fully saturated rings. The fourth-order valence-electron chi connectivity index (χ4n) is 2.15. The van der Waals surface area contributed by atoms with Crippen molar-refractivity contribution in [2.24, 2.45) is 0 Å². The second kappa shape index (κ2) is 6.54. The van der Waals surface area contributed by atoms with E-state index in [1.807, 2.05) is 19.1 Å². The zero-order valence-electron chi connectivity index (χ0n) is 10.9. The van der Waals surface area contributed by atoms with E-state index < -0.39 is 10.0 Å². The maximum Gasteiger partial charge on any atom is 0.243 e. The maximum atomic E-state index is 12.6. The van der Waals surface area contributed by atoms with Crippen LogP contribution in [0.5, 0.6) is 0 Å². The number of nitrogens with zero attached hydrogens (tertiary/aromatic N) is 1. The lowest BCUT2D eigenvalue weighted by Crippen LogP contribution is -2.38. The van der Waals surface area contributed by atoms with Gasteiger partial charge >= 0.3 is 0 Å². The molecule has 2 rings (SSSR count). The number of hydrogen-bond acceptors (Lipinski definition) is 3. The van der Waals surface area contributed by atoms with Gasteiger partial charge < -0.3 is 5.32 Å². The van der Waals surface area contributed by atoms with Gasteiger partial charge in [-0.05, 0) is 37.6 Å². The summed E-state index contributed by atoms with van der Waals surface area (Å²) < 4.78 is 27.4. The van der Waals surface area contributed by atoms with Crippen LogP contribution in [0.4, 0.5) is 0 Å².